The third-order valence-electron chi connectivity index (χ3n) is 1.69. The molecule has 1 rings (SSSR count). The number of nitrogens with one attached hydrogen (secondary N) is 1. The normalized spacial score (nSPS) is 12.2. The molecular formula is C10H12ClNO2. The quantitative estimate of drug-likeness (QED) is 0.741. The Labute approximate surface area is 87.7 Å². The van der Waals surface area contributed by atoms with E-state index in [-0.39, 0.29) is 11.7 Å². The maximum Gasteiger partial charge on any atom is 0.242 e. The van der Waals surface area contributed by atoms with E-state index in [2.05, 4.69) is 5.32 Å². The highest BCUT2D eigenvalue weighted by atomic mass is 35.5. The van der Waals surface area contributed by atoms with E-state index in [4.69, 9.17) is 11.6 Å². The Balaban J connectivity index is 2.82. The zero-order chi connectivity index (χ0) is 10.7. The highest BCUT2D eigenvalue weighted by Gasteiger charge is 2.09. The average Bonchev–Trinajstić information content (AvgIpc) is 2.01. The number of carbonyl (C=O) groups excluding carboxylic acids is 1. The predicted molar refractivity (Wildman–Crippen MR) is 56.8 cm³/mol. The summed E-state index contributed by atoms with van der Waals surface area (Å²) in [7, 11) is 0. The maximum atomic E-state index is 11.2. The van der Waals surface area contributed by atoms with E-state index in [0.717, 1.165) is 5.56 Å². The van der Waals surface area contributed by atoms with Gasteiger partial charge in [0.25, 0.3) is 0 Å². The molecule has 1 amide bonds. The van der Waals surface area contributed by atoms with Crippen molar-refractivity contribution in [1.29, 1.82) is 0 Å². The fourth-order valence-electron chi connectivity index (χ4n) is 1.08. The number of rotatable bonds is 2. The third-order valence-corrected chi connectivity index (χ3v) is 1.89. The summed E-state index contributed by atoms with van der Waals surface area (Å²) in [6.07, 6.45) is 0. The van der Waals surface area contributed by atoms with Gasteiger partial charge >= 0.3 is 0 Å². The fraction of sp³-hybridized carbons (Fsp3) is 0.300. The molecule has 0 aliphatic heterocycles. The third kappa shape index (κ3) is 2.92. The van der Waals surface area contributed by atoms with Crippen molar-refractivity contribution in [2.75, 3.05) is 5.32 Å². The molecule has 14 heavy (non-hydrogen) atoms. The molecule has 0 aliphatic rings. The van der Waals surface area contributed by atoms with Crippen LogP contribution >= 0.6 is 11.6 Å². The molecule has 0 aliphatic carbocycles. The van der Waals surface area contributed by atoms with Gasteiger partial charge in [0.2, 0.25) is 5.91 Å². The van der Waals surface area contributed by atoms with E-state index in [0.29, 0.717) is 5.69 Å². The molecule has 0 spiro atoms. The summed E-state index contributed by atoms with van der Waals surface area (Å²) in [6.45, 7) is 3.42. The van der Waals surface area contributed by atoms with Crippen LogP contribution in [-0.4, -0.2) is 16.4 Å². The van der Waals surface area contributed by atoms with Crippen LogP contribution in [0, 0.1) is 6.92 Å². The minimum Gasteiger partial charge on any atom is -0.508 e. The molecule has 0 heterocycles. The van der Waals surface area contributed by atoms with Gasteiger partial charge < -0.3 is 10.4 Å². The molecule has 3 nitrogen and oxygen atoms in total. The van der Waals surface area contributed by atoms with Crippen molar-refractivity contribution in [3.63, 3.8) is 0 Å². The molecule has 0 bridgehead atoms. The van der Waals surface area contributed by atoms with Crippen LogP contribution in [0.1, 0.15) is 12.5 Å². The van der Waals surface area contributed by atoms with Crippen molar-refractivity contribution < 1.29 is 9.90 Å². The predicted octanol–water partition coefficient (Wildman–Crippen LogP) is 2.27. The van der Waals surface area contributed by atoms with E-state index >= 15 is 0 Å². The standard InChI is InChI=1S/C10H12ClNO2/c1-6-3-8(5-9(13)4-6)12-10(14)7(2)11/h3-5,7,13H,1-2H3,(H,12,14)/t7-/m0/s1. The zero-order valence-electron chi connectivity index (χ0n) is 8.04. The van der Waals surface area contributed by atoms with Crippen molar-refractivity contribution in [3.8, 4) is 5.75 Å². The van der Waals surface area contributed by atoms with Crippen LogP contribution in [0.15, 0.2) is 18.2 Å². The minimum absolute atomic E-state index is 0.127. The number of benzene rings is 1. The lowest BCUT2D eigenvalue weighted by atomic mass is 10.2. The Morgan fingerprint density at radius 2 is 2.14 bits per heavy atom. The molecule has 2 N–H and O–H groups in total. The molecule has 0 aromatic heterocycles. The van der Waals surface area contributed by atoms with Crippen molar-refractivity contribution in [1.82, 2.24) is 0 Å². The van der Waals surface area contributed by atoms with Crippen LogP contribution in [0.2, 0.25) is 0 Å². The monoisotopic (exact) mass is 213 g/mol. The number of hydrogen-bond acceptors (Lipinski definition) is 2. The molecule has 76 valence electrons. The Kier molecular flexibility index (Phi) is 3.36. The number of hydrogen-bond donors (Lipinski definition) is 2. The van der Waals surface area contributed by atoms with Gasteiger partial charge in [0.1, 0.15) is 11.1 Å². The molecule has 1 atom stereocenters. The number of phenols is 1. The summed E-state index contributed by atoms with van der Waals surface area (Å²) >= 11 is 5.58. The topological polar surface area (TPSA) is 49.3 Å². The number of carbonyl (C=O) groups is 1. The second-order valence-corrected chi connectivity index (χ2v) is 3.82. The van der Waals surface area contributed by atoms with Crippen LogP contribution in [0.25, 0.3) is 0 Å². The van der Waals surface area contributed by atoms with Crippen LogP contribution in [0.4, 0.5) is 5.69 Å². The van der Waals surface area contributed by atoms with Crippen LogP contribution in [0.5, 0.6) is 5.75 Å². The lowest BCUT2D eigenvalue weighted by Crippen LogP contribution is -2.20. The van der Waals surface area contributed by atoms with Crippen LogP contribution < -0.4 is 5.32 Å². The van der Waals surface area contributed by atoms with Crippen molar-refractivity contribution in [3.05, 3.63) is 23.8 Å². The first-order valence-electron chi connectivity index (χ1n) is 4.24. The van der Waals surface area contributed by atoms with Gasteiger partial charge in [0.15, 0.2) is 0 Å². The van der Waals surface area contributed by atoms with Crippen molar-refractivity contribution in [2.45, 2.75) is 19.2 Å². The van der Waals surface area contributed by atoms with Gasteiger partial charge in [-0.1, -0.05) is 0 Å². The van der Waals surface area contributed by atoms with Gasteiger partial charge in [-0.05, 0) is 31.5 Å². The molecule has 0 saturated heterocycles. The Bertz CT molecular complexity index is 330. The summed E-state index contributed by atoms with van der Waals surface area (Å²) < 4.78 is 0. The second kappa shape index (κ2) is 4.33. The highest BCUT2D eigenvalue weighted by Crippen LogP contribution is 2.19. The van der Waals surface area contributed by atoms with E-state index in [1.54, 1.807) is 19.1 Å². The Hall–Kier alpha value is -1.22. The molecule has 1 aromatic rings. The number of phenolic OH excluding ortho intramolecular Hbond substituents is 1. The number of alkyl halides is 1. The van der Waals surface area contributed by atoms with Gasteiger partial charge in [-0.15, -0.1) is 11.6 Å². The Morgan fingerprint density at radius 1 is 1.50 bits per heavy atom. The van der Waals surface area contributed by atoms with E-state index < -0.39 is 5.38 Å². The van der Waals surface area contributed by atoms with Crippen LogP contribution in [0.3, 0.4) is 0 Å². The second-order valence-electron chi connectivity index (χ2n) is 3.16. The first-order chi connectivity index (χ1) is 6.49. The average molecular weight is 214 g/mol. The highest BCUT2D eigenvalue weighted by molar-refractivity contribution is 6.32. The minimum atomic E-state index is -0.586. The summed E-state index contributed by atoms with van der Waals surface area (Å²) in [5.41, 5.74) is 1.43. The van der Waals surface area contributed by atoms with Crippen molar-refractivity contribution >= 4 is 23.2 Å². The molecule has 0 saturated carbocycles. The fourth-order valence-corrected chi connectivity index (χ4v) is 1.13. The maximum absolute atomic E-state index is 11.2. The largest absolute Gasteiger partial charge is 0.508 e. The molecular weight excluding hydrogens is 202 g/mol. The van der Waals surface area contributed by atoms with Gasteiger partial charge in [-0.2, -0.15) is 0 Å². The van der Waals surface area contributed by atoms with Crippen molar-refractivity contribution in [2.24, 2.45) is 0 Å². The smallest absolute Gasteiger partial charge is 0.242 e. The summed E-state index contributed by atoms with van der Waals surface area (Å²) in [6, 6.07) is 4.85. The summed E-state index contributed by atoms with van der Waals surface area (Å²) in [5.74, 6) is -0.154. The van der Waals surface area contributed by atoms with E-state index in [9.17, 15) is 9.90 Å². The van der Waals surface area contributed by atoms with E-state index in [1.807, 2.05) is 6.92 Å². The van der Waals surface area contributed by atoms with Gasteiger partial charge in [-0.25, -0.2) is 0 Å². The molecule has 0 unspecified atom stereocenters. The zero-order valence-corrected chi connectivity index (χ0v) is 8.80. The SMILES string of the molecule is Cc1cc(O)cc(NC(=O)[C@H](C)Cl)c1. The van der Waals surface area contributed by atoms with Gasteiger partial charge in [0.05, 0.1) is 0 Å². The number of aromatic hydroxyl groups is 1. The molecule has 0 radical (unpaired) electrons. The van der Waals surface area contributed by atoms with Gasteiger partial charge in [0, 0.05) is 11.8 Å². The Morgan fingerprint density at radius 3 is 2.64 bits per heavy atom. The molecule has 0 fully saturated rings. The number of amides is 1. The lowest BCUT2D eigenvalue weighted by Gasteiger charge is -2.07. The molecule has 4 heteroatoms. The van der Waals surface area contributed by atoms with Gasteiger partial charge in [-0.3, -0.25) is 4.79 Å². The van der Waals surface area contributed by atoms with Crippen LogP contribution in [-0.2, 0) is 4.79 Å². The number of aryl methyl sites for hydroxylation is 1. The number of halogens is 1. The lowest BCUT2D eigenvalue weighted by molar-refractivity contribution is -0.115. The number of anilines is 1. The molecule has 1 aromatic carbocycles. The first kappa shape index (κ1) is 10.9. The summed E-state index contributed by atoms with van der Waals surface area (Å²) in [4.78, 5) is 11.2. The summed E-state index contributed by atoms with van der Waals surface area (Å²) in [5, 5.41) is 11.3. The van der Waals surface area contributed by atoms with E-state index in [1.165, 1.54) is 6.07 Å². The first-order valence-corrected chi connectivity index (χ1v) is 4.68.